The van der Waals surface area contributed by atoms with Gasteiger partial charge >= 0.3 is 11.9 Å². The second kappa shape index (κ2) is 7.00. The standard InChI is InChI=1S/C23H32O5/c1-22-11-9-15(24)13-14(22)3-4-16-17-5-6-19(23(17,2)12-10-18(16)22)28-21(27)8-7-20(25)26/h13,16-19H,3-12H2,1-2H3,(H,25,26)/t16-,17-,18-,19-,22+,23+/m1/s1. The fourth-order valence-corrected chi connectivity index (χ4v) is 7.13. The second-order valence-corrected chi connectivity index (χ2v) is 9.96. The number of carboxylic acids is 1. The molecule has 6 atom stereocenters. The fraction of sp³-hybridized carbons (Fsp3) is 0.783. The van der Waals surface area contributed by atoms with E-state index in [0.29, 0.717) is 30.0 Å². The highest BCUT2D eigenvalue weighted by molar-refractivity contribution is 5.91. The van der Waals surface area contributed by atoms with Gasteiger partial charge in [-0.2, -0.15) is 0 Å². The maximum absolute atomic E-state index is 12.1. The number of allylic oxidation sites excluding steroid dienone is 1. The Morgan fingerprint density at radius 2 is 1.86 bits per heavy atom. The first-order valence-electron chi connectivity index (χ1n) is 10.9. The van der Waals surface area contributed by atoms with Gasteiger partial charge in [0.25, 0.3) is 0 Å². The highest BCUT2D eigenvalue weighted by Gasteiger charge is 2.59. The molecule has 0 spiro atoms. The first kappa shape index (κ1) is 19.7. The summed E-state index contributed by atoms with van der Waals surface area (Å²) in [6.45, 7) is 4.66. The molecule has 0 aliphatic heterocycles. The van der Waals surface area contributed by atoms with Gasteiger partial charge in [-0.3, -0.25) is 14.4 Å². The van der Waals surface area contributed by atoms with Crippen LogP contribution in [-0.2, 0) is 19.1 Å². The van der Waals surface area contributed by atoms with Crippen LogP contribution in [0.3, 0.4) is 0 Å². The summed E-state index contributed by atoms with van der Waals surface area (Å²) in [6, 6.07) is 0. The van der Waals surface area contributed by atoms with E-state index in [1.165, 1.54) is 5.57 Å². The number of ketones is 1. The van der Waals surface area contributed by atoms with Crippen molar-refractivity contribution >= 4 is 17.7 Å². The minimum atomic E-state index is -0.960. The lowest BCUT2D eigenvalue weighted by Crippen LogP contribution is -2.51. The van der Waals surface area contributed by atoms with Gasteiger partial charge in [0.2, 0.25) is 0 Å². The summed E-state index contributed by atoms with van der Waals surface area (Å²) >= 11 is 0. The zero-order valence-corrected chi connectivity index (χ0v) is 17.0. The molecule has 0 radical (unpaired) electrons. The van der Waals surface area contributed by atoms with E-state index in [1.54, 1.807) is 0 Å². The molecular weight excluding hydrogens is 356 g/mol. The molecule has 5 heteroatoms. The molecule has 154 valence electrons. The molecule has 0 saturated heterocycles. The number of hydrogen-bond donors (Lipinski definition) is 1. The van der Waals surface area contributed by atoms with Gasteiger partial charge in [-0.1, -0.05) is 19.4 Å². The van der Waals surface area contributed by atoms with Gasteiger partial charge in [-0.15, -0.1) is 0 Å². The van der Waals surface area contributed by atoms with Crippen LogP contribution in [0, 0.1) is 28.6 Å². The number of ether oxygens (including phenoxy) is 1. The average Bonchev–Trinajstić information content (AvgIpc) is 2.97. The van der Waals surface area contributed by atoms with Crippen LogP contribution in [-0.4, -0.2) is 28.9 Å². The number of carbonyl (C=O) groups is 3. The molecule has 4 rings (SSSR count). The number of esters is 1. The molecule has 3 saturated carbocycles. The van der Waals surface area contributed by atoms with Crippen molar-refractivity contribution in [1.29, 1.82) is 0 Å². The molecule has 4 aliphatic rings. The number of fused-ring (bicyclic) bond motifs is 5. The van der Waals surface area contributed by atoms with E-state index in [-0.39, 0.29) is 35.7 Å². The lowest BCUT2D eigenvalue weighted by Gasteiger charge is -2.57. The van der Waals surface area contributed by atoms with Crippen molar-refractivity contribution in [2.75, 3.05) is 0 Å². The van der Waals surface area contributed by atoms with Crippen molar-refractivity contribution in [1.82, 2.24) is 0 Å². The number of rotatable bonds is 4. The Morgan fingerprint density at radius 3 is 2.61 bits per heavy atom. The number of carboxylic acid groups (broad SMARTS) is 1. The van der Waals surface area contributed by atoms with Crippen molar-refractivity contribution in [2.45, 2.75) is 84.2 Å². The summed E-state index contributed by atoms with van der Waals surface area (Å²) in [5, 5.41) is 8.79. The quantitative estimate of drug-likeness (QED) is 0.727. The van der Waals surface area contributed by atoms with E-state index in [1.807, 2.05) is 6.08 Å². The molecular formula is C23H32O5. The molecule has 0 heterocycles. The predicted molar refractivity (Wildman–Crippen MR) is 103 cm³/mol. The van der Waals surface area contributed by atoms with Gasteiger partial charge < -0.3 is 9.84 Å². The Bertz CT molecular complexity index is 725. The minimum Gasteiger partial charge on any atom is -0.481 e. The van der Waals surface area contributed by atoms with Gasteiger partial charge in [0.05, 0.1) is 12.8 Å². The highest BCUT2D eigenvalue weighted by atomic mass is 16.5. The third kappa shape index (κ3) is 3.11. The summed E-state index contributed by atoms with van der Waals surface area (Å²) in [7, 11) is 0. The molecule has 0 unspecified atom stereocenters. The van der Waals surface area contributed by atoms with Crippen LogP contribution in [0.2, 0.25) is 0 Å². The monoisotopic (exact) mass is 388 g/mol. The average molecular weight is 389 g/mol. The highest BCUT2D eigenvalue weighted by Crippen LogP contribution is 2.65. The van der Waals surface area contributed by atoms with Crippen LogP contribution in [0.5, 0.6) is 0 Å². The molecule has 0 aromatic heterocycles. The molecule has 0 aromatic rings. The fourth-order valence-electron chi connectivity index (χ4n) is 7.13. The Hall–Kier alpha value is -1.65. The van der Waals surface area contributed by atoms with E-state index < -0.39 is 5.97 Å². The molecule has 1 N–H and O–H groups in total. The number of carbonyl (C=O) groups excluding carboxylic acids is 2. The van der Waals surface area contributed by atoms with Crippen LogP contribution < -0.4 is 0 Å². The third-order valence-electron chi connectivity index (χ3n) is 8.69. The smallest absolute Gasteiger partial charge is 0.306 e. The van der Waals surface area contributed by atoms with E-state index in [0.717, 1.165) is 44.9 Å². The molecule has 4 aliphatic carbocycles. The zero-order valence-electron chi connectivity index (χ0n) is 17.0. The van der Waals surface area contributed by atoms with Gasteiger partial charge in [0, 0.05) is 11.8 Å². The maximum Gasteiger partial charge on any atom is 0.306 e. The van der Waals surface area contributed by atoms with E-state index >= 15 is 0 Å². The van der Waals surface area contributed by atoms with Crippen LogP contribution in [0.1, 0.15) is 78.1 Å². The molecule has 0 bridgehead atoms. The van der Waals surface area contributed by atoms with E-state index in [4.69, 9.17) is 9.84 Å². The topological polar surface area (TPSA) is 80.7 Å². The van der Waals surface area contributed by atoms with Gasteiger partial charge in [0.15, 0.2) is 5.78 Å². The molecule has 3 fully saturated rings. The molecule has 28 heavy (non-hydrogen) atoms. The van der Waals surface area contributed by atoms with Gasteiger partial charge in [-0.25, -0.2) is 0 Å². The Labute approximate surface area is 166 Å². The SMILES string of the molecule is C[C@]12CC[C@@H]3[C@H](CCC4=CC(=O)CC[C@@]43C)[C@H]1CC[C@H]2OC(=O)CCC(=O)O. The lowest BCUT2D eigenvalue weighted by atomic mass is 9.47. The predicted octanol–water partition coefficient (Wildman–Crippen LogP) is 4.29. The molecule has 0 aromatic carbocycles. The normalized spacial score (nSPS) is 42.1. The summed E-state index contributed by atoms with van der Waals surface area (Å²) in [6.07, 6.45) is 9.62. The molecule has 0 amide bonds. The Balaban J connectivity index is 1.49. The Morgan fingerprint density at radius 1 is 1.07 bits per heavy atom. The number of hydrogen-bond acceptors (Lipinski definition) is 4. The first-order chi connectivity index (χ1) is 13.2. The van der Waals surface area contributed by atoms with Gasteiger partial charge in [-0.05, 0) is 74.2 Å². The van der Waals surface area contributed by atoms with E-state index in [9.17, 15) is 14.4 Å². The third-order valence-corrected chi connectivity index (χ3v) is 8.69. The minimum absolute atomic E-state index is 0.00210. The van der Waals surface area contributed by atoms with Crippen LogP contribution in [0.25, 0.3) is 0 Å². The first-order valence-corrected chi connectivity index (χ1v) is 10.9. The van der Waals surface area contributed by atoms with Crippen LogP contribution in [0.15, 0.2) is 11.6 Å². The van der Waals surface area contributed by atoms with Crippen molar-refractivity contribution in [3.8, 4) is 0 Å². The van der Waals surface area contributed by atoms with Crippen molar-refractivity contribution in [2.24, 2.45) is 28.6 Å². The molecule has 5 nitrogen and oxygen atoms in total. The summed E-state index contributed by atoms with van der Waals surface area (Å²) in [4.78, 5) is 34.8. The van der Waals surface area contributed by atoms with Crippen molar-refractivity contribution < 1.29 is 24.2 Å². The largest absolute Gasteiger partial charge is 0.481 e. The lowest BCUT2D eigenvalue weighted by molar-refractivity contribution is -0.161. The zero-order chi connectivity index (χ0) is 20.1. The second-order valence-electron chi connectivity index (χ2n) is 9.96. The van der Waals surface area contributed by atoms with Crippen LogP contribution >= 0.6 is 0 Å². The summed E-state index contributed by atoms with van der Waals surface area (Å²) in [5.41, 5.74) is 1.54. The Kier molecular flexibility index (Phi) is 4.91. The maximum atomic E-state index is 12.1. The van der Waals surface area contributed by atoms with Crippen LogP contribution in [0.4, 0.5) is 0 Å². The van der Waals surface area contributed by atoms with Crippen molar-refractivity contribution in [3.63, 3.8) is 0 Å². The summed E-state index contributed by atoms with van der Waals surface area (Å²) < 4.78 is 5.80. The van der Waals surface area contributed by atoms with E-state index in [2.05, 4.69) is 13.8 Å². The number of aliphatic carboxylic acids is 1. The van der Waals surface area contributed by atoms with Gasteiger partial charge in [0.1, 0.15) is 6.10 Å². The van der Waals surface area contributed by atoms with Crippen molar-refractivity contribution in [3.05, 3.63) is 11.6 Å². The summed E-state index contributed by atoms with van der Waals surface area (Å²) in [5.74, 6) is 0.776.